The lowest BCUT2D eigenvalue weighted by Gasteiger charge is -2.32. The van der Waals surface area contributed by atoms with Gasteiger partial charge >= 0.3 is 0 Å². The number of likely N-dealkylation sites (N-methyl/N-ethyl adjacent to an activating group) is 1. The number of aryl methyl sites for hydroxylation is 1. The van der Waals surface area contributed by atoms with Gasteiger partial charge in [0.25, 0.3) is 10.0 Å². The minimum Gasteiger partial charge on any atom is -0.355 e. The van der Waals surface area contributed by atoms with E-state index in [1.165, 1.54) is 17.0 Å². The summed E-state index contributed by atoms with van der Waals surface area (Å²) in [6.07, 6.45) is 0.795. The van der Waals surface area contributed by atoms with Gasteiger partial charge in [-0.1, -0.05) is 61.0 Å². The van der Waals surface area contributed by atoms with Crippen LogP contribution in [0, 0.1) is 0 Å². The monoisotopic (exact) mass is 541 g/mol. The fourth-order valence-corrected chi connectivity index (χ4v) is 5.40. The number of nitrogens with zero attached hydrogens (tertiary/aromatic N) is 2. The van der Waals surface area contributed by atoms with Crippen molar-refractivity contribution in [3.63, 3.8) is 0 Å². The number of hydrogen-bond donors (Lipinski definition) is 1. The van der Waals surface area contributed by atoms with E-state index in [0.717, 1.165) is 21.9 Å². The van der Waals surface area contributed by atoms with E-state index in [1.54, 1.807) is 68.4 Å². The van der Waals surface area contributed by atoms with Gasteiger partial charge in [0.1, 0.15) is 12.6 Å². The lowest BCUT2D eigenvalue weighted by atomic mass is 10.1. The van der Waals surface area contributed by atoms with E-state index in [4.69, 9.17) is 11.6 Å². The van der Waals surface area contributed by atoms with Gasteiger partial charge in [-0.25, -0.2) is 8.42 Å². The van der Waals surface area contributed by atoms with E-state index in [2.05, 4.69) is 5.32 Å². The molecule has 0 heterocycles. The lowest BCUT2D eigenvalue weighted by molar-refractivity contribution is -0.139. The molecule has 1 N–H and O–H groups in total. The molecule has 0 spiro atoms. The minimum absolute atomic E-state index is 0.0726. The van der Waals surface area contributed by atoms with E-state index in [0.29, 0.717) is 17.3 Å². The Bertz CT molecular complexity index is 1300. The van der Waals surface area contributed by atoms with Gasteiger partial charge in [-0.05, 0) is 67.8 Å². The van der Waals surface area contributed by atoms with Crippen LogP contribution in [-0.4, -0.2) is 44.3 Å². The first-order valence-corrected chi connectivity index (χ1v) is 14.0. The Labute approximate surface area is 224 Å². The van der Waals surface area contributed by atoms with Crippen LogP contribution in [0.25, 0.3) is 0 Å². The van der Waals surface area contributed by atoms with Crippen LogP contribution in [-0.2, 0) is 32.6 Å². The summed E-state index contributed by atoms with van der Waals surface area (Å²) >= 11 is 6.01. The highest BCUT2D eigenvalue weighted by Gasteiger charge is 2.32. The molecule has 0 aliphatic rings. The summed E-state index contributed by atoms with van der Waals surface area (Å²) in [7, 11) is -4.07. The average molecular weight is 542 g/mol. The molecule has 0 aliphatic carbocycles. The lowest BCUT2D eigenvalue weighted by Crippen LogP contribution is -2.51. The predicted octanol–water partition coefficient (Wildman–Crippen LogP) is 4.65. The van der Waals surface area contributed by atoms with Crippen LogP contribution in [0.2, 0.25) is 5.02 Å². The van der Waals surface area contributed by atoms with Gasteiger partial charge < -0.3 is 10.2 Å². The van der Waals surface area contributed by atoms with Gasteiger partial charge in [-0.3, -0.25) is 13.9 Å². The third-order valence-corrected chi connectivity index (χ3v) is 8.07. The second-order valence-electron chi connectivity index (χ2n) is 8.56. The molecule has 0 fully saturated rings. The van der Waals surface area contributed by atoms with Crippen LogP contribution in [0.4, 0.5) is 5.69 Å². The molecule has 196 valence electrons. The number of nitrogens with one attached hydrogen (secondary N) is 1. The number of carbonyl (C=O) groups excluding carboxylic acids is 2. The van der Waals surface area contributed by atoms with Crippen molar-refractivity contribution in [3.05, 3.63) is 95.0 Å². The molecule has 7 nitrogen and oxygen atoms in total. The van der Waals surface area contributed by atoms with Crippen molar-refractivity contribution < 1.29 is 18.0 Å². The SMILES string of the molecule is CCNC(=O)C(C)N(Cc1ccc(Cl)cc1)C(=O)CN(c1ccc(CC)cc1)S(=O)(=O)c1ccccc1. The largest absolute Gasteiger partial charge is 0.355 e. The first kappa shape index (κ1) is 28.2. The second-order valence-corrected chi connectivity index (χ2v) is 10.9. The van der Waals surface area contributed by atoms with Crippen molar-refractivity contribution >= 4 is 39.1 Å². The number of amides is 2. The number of carbonyl (C=O) groups is 2. The van der Waals surface area contributed by atoms with Crippen LogP contribution in [0.5, 0.6) is 0 Å². The highest BCUT2D eigenvalue weighted by molar-refractivity contribution is 7.92. The molecule has 3 rings (SSSR count). The number of halogens is 1. The third kappa shape index (κ3) is 7.11. The molecule has 1 unspecified atom stereocenters. The summed E-state index contributed by atoms with van der Waals surface area (Å²) in [4.78, 5) is 27.9. The Kier molecular flexibility index (Phi) is 9.72. The fraction of sp³-hybridized carbons (Fsp3) is 0.286. The maximum absolute atomic E-state index is 13.8. The summed E-state index contributed by atoms with van der Waals surface area (Å²) in [6, 6.07) is 21.2. The van der Waals surface area contributed by atoms with Crippen LogP contribution >= 0.6 is 11.6 Å². The van der Waals surface area contributed by atoms with Crippen LogP contribution < -0.4 is 9.62 Å². The van der Waals surface area contributed by atoms with Crippen molar-refractivity contribution in [1.82, 2.24) is 10.2 Å². The molecule has 0 bridgehead atoms. The molecule has 9 heteroatoms. The smallest absolute Gasteiger partial charge is 0.264 e. The molecule has 2 amide bonds. The summed E-state index contributed by atoms with van der Waals surface area (Å²) in [5.41, 5.74) is 2.17. The van der Waals surface area contributed by atoms with E-state index in [9.17, 15) is 18.0 Å². The second kappa shape index (κ2) is 12.7. The van der Waals surface area contributed by atoms with Crippen LogP contribution in [0.3, 0.4) is 0 Å². The summed E-state index contributed by atoms with van der Waals surface area (Å²) in [5.74, 6) is -0.831. The molecular formula is C28H32ClN3O4S. The molecular weight excluding hydrogens is 510 g/mol. The summed E-state index contributed by atoms with van der Waals surface area (Å²) in [5, 5.41) is 3.29. The first-order valence-electron chi connectivity index (χ1n) is 12.2. The molecule has 0 saturated carbocycles. The molecule has 37 heavy (non-hydrogen) atoms. The van der Waals surface area contributed by atoms with E-state index >= 15 is 0 Å². The Morgan fingerprint density at radius 1 is 0.892 bits per heavy atom. The van der Waals surface area contributed by atoms with Gasteiger partial charge in [0, 0.05) is 18.1 Å². The Morgan fingerprint density at radius 3 is 2.05 bits per heavy atom. The molecule has 0 radical (unpaired) electrons. The molecule has 0 saturated heterocycles. The molecule has 3 aromatic carbocycles. The van der Waals surface area contributed by atoms with Crippen molar-refractivity contribution in [2.45, 2.75) is 44.7 Å². The van der Waals surface area contributed by atoms with Gasteiger partial charge in [0.15, 0.2) is 0 Å². The number of rotatable bonds is 11. The summed E-state index contributed by atoms with van der Waals surface area (Å²) in [6.45, 7) is 5.48. The minimum atomic E-state index is -4.07. The number of hydrogen-bond acceptors (Lipinski definition) is 4. The third-order valence-electron chi connectivity index (χ3n) is 6.03. The Balaban J connectivity index is 2.01. The Hall–Kier alpha value is -3.36. The van der Waals surface area contributed by atoms with Crippen molar-refractivity contribution in [2.75, 3.05) is 17.4 Å². The van der Waals surface area contributed by atoms with Crippen LogP contribution in [0.15, 0.2) is 83.8 Å². The predicted molar refractivity (Wildman–Crippen MR) is 147 cm³/mol. The number of benzene rings is 3. The van der Waals surface area contributed by atoms with E-state index in [-0.39, 0.29) is 17.3 Å². The molecule has 1 atom stereocenters. The van der Waals surface area contributed by atoms with Gasteiger partial charge in [-0.2, -0.15) is 0 Å². The molecule has 3 aromatic rings. The van der Waals surface area contributed by atoms with Crippen LogP contribution in [0.1, 0.15) is 31.9 Å². The van der Waals surface area contributed by atoms with Gasteiger partial charge in [-0.15, -0.1) is 0 Å². The van der Waals surface area contributed by atoms with Gasteiger partial charge in [0.05, 0.1) is 10.6 Å². The molecule has 0 aromatic heterocycles. The summed E-state index contributed by atoms with van der Waals surface area (Å²) < 4.78 is 28.5. The highest BCUT2D eigenvalue weighted by Crippen LogP contribution is 2.25. The van der Waals surface area contributed by atoms with Gasteiger partial charge in [0.2, 0.25) is 11.8 Å². The number of anilines is 1. The topological polar surface area (TPSA) is 86.8 Å². The van der Waals surface area contributed by atoms with Crippen molar-refractivity contribution in [2.24, 2.45) is 0 Å². The maximum atomic E-state index is 13.8. The standard InChI is InChI=1S/C28H32ClN3O4S/c1-4-22-13-17-25(18-14-22)32(37(35,36)26-9-7-6-8-10-26)20-27(33)31(21(3)28(34)30-5-2)19-23-11-15-24(29)16-12-23/h6-18,21H,4-5,19-20H2,1-3H3,(H,30,34). The fourth-order valence-electron chi connectivity index (χ4n) is 3.84. The first-order chi connectivity index (χ1) is 17.7. The number of sulfonamides is 1. The van der Waals surface area contributed by atoms with Crippen molar-refractivity contribution in [3.8, 4) is 0 Å². The molecule has 0 aliphatic heterocycles. The van der Waals surface area contributed by atoms with E-state index in [1.807, 2.05) is 19.1 Å². The quantitative estimate of drug-likeness (QED) is 0.383. The zero-order valence-corrected chi connectivity index (χ0v) is 22.8. The normalized spacial score (nSPS) is 12.0. The zero-order chi connectivity index (χ0) is 27.0. The average Bonchev–Trinajstić information content (AvgIpc) is 2.91. The zero-order valence-electron chi connectivity index (χ0n) is 21.2. The highest BCUT2D eigenvalue weighted by atomic mass is 35.5. The van der Waals surface area contributed by atoms with E-state index < -0.39 is 28.5 Å². The maximum Gasteiger partial charge on any atom is 0.264 e. The Morgan fingerprint density at radius 2 is 1.49 bits per heavy atom. The van der Waals surface area contributed by atoms with Crippen molar-refractivity contribution in [1.29, 1.82) is 0 Å².